The van der Waals surface area contributed by atoms with Gasteiger partial charge in [-0.3, -0.25) is 14.4 Å². The van der Waals surface area contributed by atoms with Crippen molar-refractivity contribution < 1.29 is 33.6 Å². The summed E-state index contributed by atoms with van der Waals surface area (Å²) >= 11 is 6.44. The lowest BCUT2D eigenvalue weighted by atomic mass is 9.53. The number of methoxy groups -OCH3 is 4. The number of anilines is 1. The van der Waals surface area contributed by atoms with Gasteiger partial charge in [-0.25, -0.2) is 33.4 Å². The van der Waals surface area contributed by atoms with Crippen molar-refractivity contribution in [1.82, 2.24) is 23.5 Å². The summed E-state index contributed by atoms with van der Waals surface area (Å²) < 4.78 is 27.8. The number of nitrogens with zero attached hydrogens (tertiary/aromatic N) is 6. The number of hydrogen-bond acceptors (Lipinski definition) is 11. The molecule has 6 aromatic rings. The quantitative estimate of drug-likeness (QED) is 0.152. The van der Waals surface area contributed by atoms with E-state index >= 15 is 9.59 Å². The van der Waals surface area contributed by atoms with E-state index in [0.717, 1.165) is 9.47 Å². The maximum Gasteiger partial charge on any atom is 0.347 e. The van der Waals surface area contributed by atoms with Gasteiger partial charge in [0.25, 0.3) is 5.56 Å². The van der Waals surface area contributed by atoms with Crippen molar-refractivity contribution in [2.45, 2.75) is 43.3 Å². The average molecular weight is 861 g/mol. The summed E-state index contributed by atoms with van der Waals surface area (Å²) in [5, 5.41) is 11.1. The number of aromatic hydroxyl groups is 1. The molecule has 2 fully saturated rings. The number of phenolic OH excluding ortho intramolecular Hbond substituents is 1. The lowest BCUT2D eigenvalue weighted by Gasteiger charge is -2.49. The van der Waals surface area contributed by atoms with Gasteiger partial charge in [-0.1, -0.05) is 54.1 Å². The highest BCUT2D eigenvalue weighted by Crippen LogP contribution is 2.64. The Bertz CT molecular complexity index is 3040. The Kier molecular flexibility index (Phi) is 9.84. The number of carbonyl (C=O) groups excluding carboxylic acids is 2. The van der Waals surface area contributed by atoms with Crippen LogP contribution in [0.3, 0.4) is 0 Å². The van der Waals surface area contributed by atoms with Crippen LogP contribution in [0, 0.1) is 5.92 Å². The highest BCUT2D eigenvalue weighted by molar-refractivity contribution is 6.32. The molecule has 1 saturated carbocycles. The van der Waals surface area contributed by atoms with Gasteiger partial charge in [0, 0.05) is 60.8 Å². The molecule has 2 aromatic heterocycles. The molecule has 0 bridgehead atoms. The summed E-state index contributed by atoms with van der Waals surface area (Å²) in [5.74, 6) is -2.18. The Morgan fingerprint density at radius 1 is 0.823 bits per heavy atom. The van der Waals surface area contributed by atoms with Crippen LogP contribution in [0.2, 0.25) is 5.02 Å². The molecule has 1 saturated heterocycles. The van der Waals surface area contributed by atoms with E-state index in [0.29, 0.717) is 44.3 Å². The van der Waals surface area contributed by atoms with E-state index in [1.807, 2.05) is 12.1 Å². The summed E-state index contributed by atoms with van der Waals surface area (Å²) in [6.45, 7) is -0.256. The molecule has 9 rings (SSSR count). The van der Waals surface area contributed by atoms with Gasteiger partial charge in [-0.05, 0) is 35.8 Å². The molecule has 0 unspecified atom stereocenters. The molecule has 62 heavy (non-hydrogen) atoms. The van der Waals surface area contributed by atoms with E-state index in [-0.39, 0.29) is 54.6 Å². The van der Waals surface area contributed by atoms with Crippen LogP contribution in [0.1, 0.15) is 35.2 Å². The maximum atomic E-state index is 15.6. The van der Waals surface area contributed by atoms with Gasteiger partial charge in [0.2, 0.25) is 11.8 Å². The van der Waals surface area contributed by atoms with Gasteiger partial charge in [-0.2, -0.15) is 0 Å². The predicted molar refractivity (Wildman–Crippen MR) is 228 cm³/mol. The fraction of sp³-hybridized carbons (Fsp3) is 0.289. The van der Waals surface area contributed by atoms with Crippen LogP contribution in [0.4, 0.5) is 5.69 Å². The number of ether oxygens (including phenoxy) is 4. The van der Waals surface area contributed by atoms with Crippen molar-refractivity contribution in [3.63, 3.8) is 0 Å². The van der Waals surface area contributed by atoms with Crippen molar-refractivity contribution in [3.8, 4) is 28.7 Å². The van der Waals surface area contributed by atoms with Crippen LogP contribution in [0.25, 0.3) is 11.0 Å². The first kappa shape index (κ1) is 40.3. The normalized spacial score (nSPS) is 20.4. The van der Waals surface area contributed by atoms with E-state index in [4.69, 9.17) is 30.5 Å². The minimum atomic E-state index is -1.65. The first-order valence-electron chi connectivity index (χ1n) is 19.8. The van der Waals surface area contributed by atoms with Crippen molar-refractivity contribution in [3.05, 3.63) is 144 Å². The number of benzene rings is 4. The summed E-state index contributed by atoms with van der Waals surface area (Å²) in [5.41, 5.74) is -0.558. The molecule has 1 aliphatic carbocycles. The molecule has 2 aliphatic heterocycles. The van der Waals surface area contributed by atoms with Crippen LogP contribution in [-0.2, 0) is 41.6 Å². The number of fused-ring (bicyclic) bond motifs is 5. The minimum absolute atomic E-state index is 0.0526. The summed E-state index contributed by atoms with van der Waals surface area (Å²) in [6.07, 6.45) is 1.70. The smallest absolute Gasteiger partial charge is 0.347 e. The third-order valence-corrected chi connectivity index (χ3v) is 12.8. The Hall–Kier alpha value is -7.07. The zero-order chi connectivity index (χ0) is 43.8. The number of carbonyl (C=O) groups is 2. The third-order valence-electron chi connectivity index (χ3n) is 12.5. The zero-order valence-electron chi connectivity index (χ0n) is 34.3. The van der Waals surface area contributed by atoms with Gasteiger partial charge in [-0.15, -0.1) is 0 Å². The first-order valence-corrected chi connectivity index (χ1v) is 20.1. The highest BCUT2D eigenvalue weighted by Gasteiger charge is 2.69. The number of aryl methyl sites for hydroxylation is 2. The third kappa shape index (κ3) is 5.80. The summed E-state index contributed by atoms with van der Waals surface area (Å²) in [4.78, 5) is 79.2. The summed E-state index contributed by atoms with van der Waals surface area (Å²) in [6, 6.07) is 20.7. The predicted octanol–water partition coefficient (Wildman–Crippen LogP) is 4.49. The molecule has 0 spiro atoms. The molecular formula is C45H41ClN6O10. The Labute approximate surface area is 358 Å². The van der Waals surface area contributed by atoms with Crippen LogP contribution < -0.4 is 40.8 Å². The molecule has 16 nitrogen and oxygen atoms in total. The standard InChI is InChI=1S/C45H41ClN6O10/c1-48-33-23-35(60-3)34(59-2)22-31(33)47-30(41(48)55)15-16-49-43(57)50-17-14-28-32(52(50)44(49)58)21-29-40(54)51(26-13-9-12-25(46)18-26)42(56)45(29,24-10-7-6-8-11-24)39(28)38-36(61-4)19-27(53)20-37(38)62-5/h6-14,18-20,22-23,29,32,39,53H,15-17,21H2,1-5H3/t29-,32+,39+,45+/m0/s1. The Balaban J connectivity index is 1.22. The van der Waals surface area contributed by atoms with Crippen molar-refractivity contribution in [1.29, 1.82) is 0 Å². The van der Waals surface area contributed by atoms with Crippen molar-refractivity contribution in [2.24, 2.45) is 13.0 Å². The lowest BCUT2D eigenvalue weighted by Crippen LogP contribution is -2.53. The van der Waals surface area contributed by atoms with Gasteiger partial charge in [0.1, 0.15) is 22.9 Å². The largest absolute Gasteiger partial charge is 0.508 e. The number of allylic oxidation sites excluding steroid dienone is 2. The van der Waals surface area contributed by atoms with E-state index in [1.165, 1.54) is 54.5 Å². The van der Waals surface area contributed by atoms with Crippen molar-refractivity contribution in [2.75, 3.05) is 33.3 Å². The number of halogens is 1. The second kappa shape index (κ2) is 15.1. The van der Waals surface area contributed by atoms with E-state index in [2.05, 4.69) is 4.98 Å². The molecular weight excluding hydrogens is 820 g/mol. The van der Waals surface area contributed by atoms with E-state index in [1.54, 1.807) is 67.7 Å². The molecule has 2 amide bonds. The van der Waals surface area contributed by atoms with Gasteiger partial charge in [0.05, 0.1) is 69.1 Å². The Morgan fingerprint density at radius 3 is 2.16 bits per heavy atom. The van der Waals surface area contributed by atoms with E-state index in [9.17, 15) is 19.5 Å². The molecule has 1 N–H and O–H groups in total. The topological polar surface area (TPSA) is 178 Å². The molecule has 318 valence electrons. The second-order valence-corrected chi connectivity index (χ2v) is 15.8. The fourth-order valence-electron chi connectivity index (χ4n) is 9.86. The maximum absolute atomic E-state index is 15.6. The highest BCUT2D eigenvalue weighted by atomic mass is 35.5. The van der Waals surface area contributed by atoms with Gasteiger partial charge >= 0.3 is 11.4 Å². The monoisotopic (exact) mass is 860 g/mol. The van der Waals surface area contributed by atoms with Gasteiger partial charge < -0.3 is 28.6 Å². The average Bonchev–Trinajstić information content (AvgIpc) is 3.66. The first-order chi connectivity index (χ1) is 29.9. The number of imide groups is 1. The molecule has 4 aromatic carbocycles. The SMILES string of the molecule is COc1cc2nc(CCn3c(=O)n4n(c3=O)[C@@H]3C[C@H]5C(=O)N(c6cccc(Cl)c6)C(=O)[C@@]5(c5ccccc5)[C@@H](c5c(OC)cc(O)cc5OC)C3=CC4)c(=O)n(C)c2cc1OC. The van der Waals surface area contributed by atoms with Crippen LogP contribution in [-0.4, -0.2) is 68.8 Å². The number of aromatic nitrogens is 5. The molecule has 0 radical (unpaired) electrons. The number of hydrogen-bond donors (Lipinski definition) is 1. The van der Waals surface area contributed by atoms with Crippen LogP contribution >= 0.6 is 11.6 Å². The second-order valence-electron chi connectivity index (χ2n) is 15.4. The van der Waals surface area contributed by atoms with Crippen molar-refractivity contribution >= 4 is 40.1 Å². The van der Waals surface area contributed by atoms with E-state index < -0.39 is 52.0 Å². The molecule has 3 aliphatic rings. The lowest BCUT2D eigenvalue weighted by molar-refractivity contribution is -0.124. The number of phenols is 1. The Morgan fingerprint density at radius 2 is 1.50 bits per heavy atom. The summed E-state index contributed by atoms with van der Waals surface area (Å²) in [7, 11) is 7.43. The fourth-order valence-corrected chi connectivity index (χ4v) is 10.0. The van der Waals surface area contributed by atoms with Gasteiger partial charge in [0.15, 0.2) is 11.5 Å². The minimum Gasteiger partial charge on any atom is -0.508 e. The molecule has 17 heteroatoms. The van der Waals surface area contributed by atoms with Crippen LogP contribution in [0.15, 0.2) is 105 Å². The van der Waals surface area contributed by atoms with Crippen LogP contribution in [0.5, 0.6) is 28.7 Å². The zero-order valence-corrected chi connectivity index (χ0v) is 35.1. The number of rotatable bonds is 10. The number of amides is 2. The molecule has 4 heterocycles. The molecule has 4 atom stereocenters.